The molecule has 4 nitrogen and oxygen atoms in total. The lowest BCUT2D eigenvalue weighted by atomic mass is 10.1. The van der Waals surface area contributed by atoms with E-state index in [1.807, 2.05) is 55.5 Å². The summed E-state index contributed by atoms with van der Waals surface area (Å²) in [5, 5.41) is 3.00. The Morgan fingerprint density at radius 3 is 2.21 bits per heavy atom. The summed E-state index contributed by atoms with van der Waals surface area (Å²) in [4.78, 5) is 28.7. The predicted octanol–water partition coefficient (Wildman–Crippen LogP) is 4.40. The van der Waals surface area contributed by atoms with Crippen molar-refractivity contribution in [1.82, 2.24) is 10.2 Å². The molecule has 2 amide bonds. The summed E-state index contributed by atoms with van der Waals surface area (Å²) in [5.74, 6) is 0.638. The van der Waals surface area contributed by atoms with Gasteiger partial charge in [0.25, 0.3) is 0 Å². The number of carbonyl (C=O) groups is 2. The minimum Gasteiger partial charge on any atom is -0.354 e. The molecule has 0 aliphatic rings. The highest BCUT2D eigenvalue weighted by atomic mass is 32.2. The summed E-state index contributed by atoms with van der Waals surface area (Å²) >= 11 is 1.51. The molecule has 5 heteroatoms. The van der Waals surface area contributed by atoms with E-state index < -0.39 is 6.04 Å². The summed E-state index contributed by atoms with van der Waals surface area (Å²) in [6, 6.07) is 19.5. The molecule has 0 heterocycles. The topological polar surface area (TPSA) is 49.4 Å². The molecule has 2 aromatic carbocycles. The number of amides is 2. The molecule has 1 atom stereocenters. The largest absolute Gasteiger partial charge is 0.354 e. The van der Waals surface area contributed by atoms with Crippen molar-refractivity contribution in [1.29, 1.82) is 0 Å². The second-order valence-corrected chi connectivity index (χ2v) is 8.54. The molecule has 0 saturated heterocycles. The fourth-order valence-corrected chi connectivity index (χ4v) is 3.87. The van der Waals surface area contributed by atoms with Crippen LogP contribution >= 0.6 is 11.8 Å². The minimum atomic E-state index is -0.443. The summed E-state index contributed by atoms with van der Waals surface area (Å²) in [6.45, 7) is 7.25. The number of hydrogen-bond donors (Lipinski definition) is 1. The number of thioether (sulfide) groups is 1. The standard InChI is InChI=1S/C24H32N2O2S/c1-4-22(24(28)25-17-19(2)3)26(16-15-20-11-7-5-8-12-20)23(27)18-29-21-13-9-6-10-14-21/h5-14,19,22H,4,15-18H2,1-3H3,(H,25,28)/t22-/m1/s1. The van der Waals surface area contributed by atoms with Crippen molar-refractivity contribution in [3.05, 3.63) is 66.2 Å². The van der Waals surface area contributed by atoms with Crippen LogP contribution in [-0.2, 0) is 16.0 Å². The van der Waals surface area contributed by atoms with Gasteiger partial charge in [-0.15, -0.1) is 11.8 Å². The monoisotopic (exact) mass is 412 g/mol. The van der Waals surface area contributed by atoms with Gasteiger partial charge in [-0.05, 0) is 36.5 Å². The van der Waals surface area contributed by atoms with Crippen molar-refractivity contribution < 1.29 is 9.59 Å². The molecule has 0 bridgehead atoms. The first-order valence-corrected chi connectivity index (χ1v) is 11.3. The molecule has 0 aliphatic heterocycles. The van der Waals surface area contributed by atoms with Crippen LogP contribution in [0.3, 0.4) is 0 Å². The minimum absolute atomic E-state index is 0.00123. The van der Waals surface area contributed by atoms with Gasteiger partial charge in [-0.25, -0.2) is 0 Å². The molecule has 0 aliphatic carbocycles. The van der Waals surface area contributed by atoms with E-state index in [9.17, 15) is 9.59 Å². The fraction of sp³-hybridized carbons (Fsp3) is 0.417. The first-order valence-electron chi connectivity index (χ1n) is 10.3. The van der Waals surface area contributed by atoms with Crippen molar-refractivity contribution in [3.8, 4) is 0 Å². The van der Waals surface area contributed by atoms with Gasteiger partial charge in [0.1, 0.15) is 6.04 Å². The number of nitrogens with one attached hydrogen (secondary N) is 1. The highest BCUT2D eigenvalue weighted by Gasteiger charge is 2.28. The first-order chi connectivity index (χ1) is 14.0. The van der Waals surface area contributed by atoms with Crippen molar-refractivity contribution >= 4 is 23.6 Å². The van der Waals surface area contributed by atoms with Crippen LogP contribution in [0.15, 0.2) is 65.6 Å². The Kier molecular flexibility index (Phi) is 9.78. The summed E-state index contributed by atoms with van der Waals surface area (Å²) in [5.41, 5.74) is 1.17. The molecule has 0 unspecified atom stereocenters. The van der Waals surface area contributed by atoms with E-state index in [1.54, 1.807) is 4.90 Å². The molecule has 156 valence electrons. The third kappa shape index (κ3) is 7.94. The van der Waals surface area contributed by atoms with Gasteiger partial charge in [0.2, 0.25) is 11.8 Å². The van der Waals surface area contributed by atoms with Gasteiger partial charge in [-0.1, -0.05) is 69.3 Å². The molecule has 1 N–H and O–H groups in total. The van der Waals surface area contributed by atoms with E-state index in [4.69, 9.17) is 0 Å². The van der Waals surface area contributed by atoms with E-state index in [-0.39, 0.29) is 11.8 Å². The van der Waals surface area contributed by atoms with Gasteiger partial charge in [0.05, 0.1) is 5.75 Å². The number of benzene rings is 2. The zero-order chi connectivity index (χ0) is 21.1. The lowest BCUT2D eigenvalue weighted by Crippen LogP contribution is -2.51. The SMILES string of the molecule is CC[C@H](C(=O)NCC(C)C)N(CCc1ccccc1)C(=O)CSc1ccccc1. The Labute approximate surface area is 179 Å². The lowest BCUT2D eigenvalue weighted by Gasteiger charge is -2.31. The van der Waals surface area contributed by atoms with Gasteiger partial charge in [-0.2, -0.15) is 0 Å². The van der Waals surface area contributed by atoms with Crippen LogP contribution < -0.4 is 5.32 Å². The Hall–Kier alpha value is -2.27. The number of carbonyl (C=O) groups excluding carboxylic acids is 2. The van der Waals surface area contributed by atoms with E-state index in [1.165, 1.54) is 17.3 Å². The Morgan fingerprint density at radius 2 is 1.62 bits per heavy atom. The second-order valence-electron chi connectivity index (χ2n) is 7.49. The number of rotatable bonds is 11. The fourth-order valence-electron chi connectivity index (χ4n) is 3.06. The van der Waals surface area contributed by atoms with Crippen LogP contribution in [0.5, 0.6) is 0 Å². The highest BCUT2D eigenvalue weighted by Crippen LogP contribution is 2.19. The average molecular weight is 413 g/mol. The maximum absolute atomic E-state index is 13.1. The third-order valence-corrected chi connectivity index (χ3v) is 5.66. The molecule has 29 heavy (non-hydrogen) atoms. The Bertz CT molecular complexity index is 750. The third-order valence-electron chi connectivity index (χ3n) is 4.66. The normalized spacial score (nSPS) is 11.9. The molecule has 2 rings (SSSR count). The van der Waals surface area contributed by atoms with E-state index in [0.29, 0.717) is 31.2 Å². The Balaban J connectivity index is 2.09. The van der Waals surface area contributed by atoms with Crippen LogP contribution in [0.25, 0.3) is 0 Å². The maximum atomic E-state index is 13.1. The van der Waals surface area contributed by atoms with Gasteiger partial charge in [0.15, 0.2) is 0 Å². The summed E-state index contributed by atoms with van der Waals surface area (Å²) < 4.78 is 0. The average Bonchev–Trinajstić information content (AvgIpc) is 2.74. The number of nitrogens with zero attached hydrogens (tertiary/aromatic N) is 1. The molecule has 0 radical (unpaired) electrons. The Morgan fingerprint density at radius 1 is 1.00 bits per heavy atom. The van der Waals surface area contributed by atoms with E-state index >= 15 is 0 Å². The molecule has 0 aromatic heterocycles. The van der Waals surface area contributed by atoms with Gasteiger partial charge >= 0.3 is 0 Å². The zero-order valence-corrected chi connectivity index (χ0v) is 18.5. The lowest BCUT2D eigenvalue weighted by molar-refractivity contribution is -0.138. The predicted molar refractivity (Wildman–Crippen MR) is 121 cm³/mol. The molecule has 0 saturated carbocycles. The highest BCUT2D eigenvalue weighted by molar-refractivity contribution is 8.00. The molecule has 0 fully saturated rings. The van der Waals surface area contributed by atoms with Crippen molar-refractivity contribution in [3.63, 3.8) is 0 Å². The molecule has 2 aromatic rings. The summed E-state index contributed by atoms with van der Waals surface area (Å²) in [7, 11) is 0. The van der Waals surface area contributed by atoms with Crippen molar-refractivity contribution in [2.24, 2.45) is 5.92 Å². The smallest absolute Gasteiger partial charge is 0.242 e. The molecular formula is C24H32N2O2S. The van der Waals surface area contributed by atoms with Crippen LogP contribution in [0, 0.1) is 5.92 Å². The quantitative estimate of drug-likeness (QED) is 0.557. The van der Waals surface area contributed by atoms with Gasteiger partial charge in [0, 0.05) is 18.0 Å². The van der Waals surface area contributed by atoms with E-state index in [0.717, 1.165) is 11.3 Å². The van der Waals surface area contributed by atoms with Crippen LogP contribution in [-0.4, -0.2) is 41.6 Å². The van der Waals surface area contributed by atoms with Crippen LogP contribution in [0.1, 0.15) is 32.8 Å². The zero-order valence-electron chi connectivity index (χ0n) is 17.6. The van der Waals surface area contributed by atoms with Crippen molar-refractivity contribution in [2.45, 2.75) is 44.6 Å². The number of hydrogen-bond acceptors (Lipinski definition) is 3. The van der Waals surface area contributed by atoms with Crippen molar-refractivity contribution in [2.75, 3.05) is 18.8 Å². The van der Waals surface area contributed by atoms with E-state index in [2.05, 4.69) is 31.3 Å². The maximum Gasteiger partial charge on any atom is 0.242 e. The van der Waals surface area contributed by atoms with Crippen LogP contribution in [0.2, 0.25) is 0 Å². The van der Waals surface area contributed by atoms with Gasteiger partial charge < -0.3 is 10.2 Å². The molecular weight excluding hydrogens is 380 g/mol. The summed E-state index contributed by atoms with van der Waals surface area (Å²) in [6.07, 6.45) is 1.33. The first kappa shape index (κ1) is 23.0. The second kappa shape index (κ2) is 12.3. The molecule has 0 spiro atoms. The van der Waals surface area contributed by atoms with Crippen LogP contribution in [0.4, 0.5) is 0 Å². The van der Waals surface area contributed by atoms with Gasteiger partial charge in [-0.3, -0.25) is 9.59 Å².